The van der Waals surface area contributed by atoms with Gasteiger partial charge in [-0.25, -0.2) is 0 Å². The molecule has 0 spiro atoms. The Bertz CT molecular complexity index is 468. The predicted octanol–water partition coefficient (Wildman–Crippen LogP) is 3.28. The van der Waals surface area contributed by atoms with Gasteiger partial charge in [0.1, 0.15) is 0 Å². The lowest BCUT2D eigenvalue weighted by Crippen LogP contribution is -2.19. The van der Waals surface area contributed by atoms with E-state index in [0.717, 1.165) is 0 Å². The average molecular weight is 211 g/mol. The van der Waals surface area contributed by atoms with Crippen LogP contribution in [0.2, 0.25) is 0 Å². The molecule has 1 aliphatic carbocycles. The third-order valence-electron chi connectivity index (χ3n) is 3.51. The van der Waals surface area contributed by atoms with Crippen LogP contribution in [-0.2, 0) is 12.8 Å². The van der Waals surface area contributed by atoms with E-state index in [4.69, 9.17) is 0 Å². The number of hydrogen-bond acceptors (Lipinski definition) is 1. The summed E-state index contributed by atoms with van der Waals surface area (Å²) in [5.74, 6) is 0. The van der Waals surface area contributed by atoms with Crippen LogP contribution in [0.5, 0.6) is 0 Å². The molecule has 1 N–H and O–H groups in total. The van der Waals surface area contributed by atoms with Crippen LogP contribution >= 0.6 is 0 Å². The predicted molar refractivity (Wildman–Crippen MR) is 67.2 cm³/mol. The molecule has 1 atom stereocenters. The molecular formula is C15H17N. The summed E-state index contributed by atoms with van der Waals surface area (Å²) in [5.41, 5.74) is 5.74. The van der Waals surface area contributed by atoms with E-state index in [-0.39, 0.29) is 0 Å². The standard InChI is InChI=1S/C15H17N/c1-11-4-2-7-15(16-11)14-9-8-12-5-3-6-13(12)10-14/h2,4,7-10,15-16H,3,5-6H2,1H3. The van der Waals surface area contributed by atoms with Gasteiger partial charge in [0.15, 0.2) is 0 Å². The third-order valence-corrected chi connectivity index (χ3v) is 3.51. The molecule has 1 aromatic rings. The SMILES string of the molecule is CC1=CC=CC(c2ccc3c(c2)CCC3)N1. The fourth-order valence-corrected chi connectivity index (χ4v) is 2.63. The number of fused-ring (bicyclic) bond motifs is 1. The molecule has 1 unspecified atom stereocenters. The Kier molecular flexibility index (Phi) is 2.32. The van der Waals surface area contributed by atoms with Crippen molar-refractivity contribution in [3.05, 3.63) is 58.8 Å². The fourth-order valence-electron chi connectivity index (χ4n) is 2.63. The summed E-state index contributed by atoms with van der Waals surface area (Å²) in [6.07, 6.45) is 10.3. The van der Waals surface area contributed by atoms with Gasteiger partial charge in [-0.1, -0.05) is 30.4 Å². The van der Waals surface area contributed by atoms with E-state index >= 15 is 0 Å². The highest BCUT2D eigenvalue weighted by molar-refractivity contribution is 5.39. The first-order valence-electron chi connectivity index (χ1n) is 6.06. The van der Waals surface area contributed by atoms with Crippen molar-refractivity contribution in [2.24, 2.45) is 0 Å². The van der Waals surface area contributed by atoms with Crippen LogP contribution in [0.15, 0.2) is 42.1 Å². The third kappa shape index (κ3) is 1.67. The molecule has 0 bridgehead atoms. The summed E-state index contributed by atoms with van der Waals surface area (Å²) in [5, 5.41) is 3.50. The molecule has 82 valence electrons. The Labute approximate surface area is 96.9 Å². The Morgan fingerprint density at radius 3 is 2.94 bits per heavy atom. The van der Waals surface area contributed by atoms with Gasteiger partial charge in [0, 0.05) is 5.70 Å². The maximum absolute atomic E-state index is 3.50. The molecule has 0 radical (unpaired) electrons. The second-order valence-electron chi connectivity index (χ2n) is 4.74. The number of aryl methyl sites for hydroxylation is 2. The first-order valence-corrected chi connectivity index (χ1v) is 6.06. The lowest BCUT2D eigenvalue weighted by Gasteiger charge is -2.20. The first kappa shape index (κ1) is 9.71. The molecule has 3 rings (SSSR count). The summed E-state index contributed by atoms with van der Waals surface area (Å²) < 4.78 is 0. The van der Waals surface area contributed by atoms with Crippen LogP contribution in [0, 0.1) is 0 Å². The van der Waals surface area contributed by atoms with Gasteiger partial charge in [0.25, 0.3) is 0 Å². The van der Waals surface area contributed by atoms with E-state index in [1.165, 1.54) is 30.5 Å². The first-order chi connectivity index (χ1) is 7.83. The van der Waals surface area contributed by atoms with Crippen molar-refractivity contribution in [3.8, 4) is 0 Å². The zero-order valence-electron chi connectivity index (χ0n) is 9.66. The molecule has 0 aromatic heterocycles. The van der Waals surface area contributed by atoms with Crippen LogP contribution in [-0.4, -0.2) is 0 Å². The van der Waals surface area contributed by atoms with E-state index < -0.39 is 0 Å². The lowest BCUT2D eigenvalue weighted by atomic mass is 9.99. The van der Waals surface area contributed by atoms with E-state index in [9.17, 15) is 0 Å². The highest BCUT2D eigenvalue weighted by atomic mass is 14.9. The zero-order valence-corrected chi connectivity index (χ0v) is 9.66. The molecule has 0 saturated carbocycles. The van der Waals surface area contributed by atoms with Gasteiger partial charge in [-0.2, -0.15) is 0 Å². The minimum atomic E-state index is 0.357. The molecular weight excluding hydrogens is 194 g/mol. The largest absolute Gasteiger partial charge is 0.378 e. The summed E-state index contributed by atoms with van der Waals surface area (Å²) >= 11 is 0. The molecule has 1 heteroatoms. The van der Waals surface area contributed by atoms with Gasteiger partial charge in [0.05, 0.1) is 6.04 Å². The quantitative estimate of drug-likeness (QED) is 0.751. The van der Waals surface area contributed by atoms with Crippen molar-refractivity contribution < 1.29 is 0 Å². The van der Waals surface area contributed by atoms with Crippen LogP contribution in [0.1, 0.15) is 36.1 Å². The smallest absolute Gasteiger partial charge is 0.0698 e. The number of hydrogen-bond donors (Lipinski definition) is 1. The van der Waals surface area contributed by atoms with Crippen molar-refractivity contribution in [3.63, 3.8) is 0 Å². The molecule has 0 fully saturated rings. The average Bonchev–Trinajstić information content (AvgIpc) is 2.75. The molecule has 1 aliphatic heterocycles. The molecule has 0 amide bonds. The minimum Gasteiger partial charge on any atom is -0.378 e. The topological polar surface area (TPSA) is 12.0 Å². The monoisotopic (exact) mass is 211 g/mol. The van der Waals surface area contributed by atoms with E-state index in [0.29, 0.717) is 6.04 Å². The van der Waals surface area contributed by atoms with Gasteiger partial charge in [-0.15, -0.1) is 0 Å². The fraction of sp³-hybridized carbons (Fsp3) is 0.333. The molecule has 1 aromatic carbocycles. The Hall–Kier alpha value is -1.50. The Morgan fingerprint density at radius 2 is 2.06 bits per heavy atom. The van der Waals surface area contributed by atoms with Crippen LogP contribution in [0.25, 0.3) is 0 Å². The van der Waals surface area contributed by atoms with Crippen LogP contribution in [0.3, 0.4) is 0 Å². The molecule has 1 heterocycles. The number of allylic oxidation sites excluding steroid dienone is 3. The molecule has 16 heavy (non-hydrogen) atoms. The van der Waals surface area contributed by atoms with Crippen LogP contribution in [0.4, 0.5) is 0 Å². The van der Waals surface area contributed by atoms with Crippen LogP contribution < -0.4 is 5.32 Å². The summed E-state index contributed by atoms with van der Waals surface area (Å²) in [4.78, 5) is 0. The summed E-state index contributed by atoms with van der Waals surface area (Å²) in [6, 6.07) is 7.31. The van der Waals surface area contributed by atoms with Gasteiger partial charge in [-0.3, -0.25) is 0 Å². The van der Waals surface area contributed by atoms with Crippen molar-refractivity contribution in [2.75, 3.05) is 0 Å². The second kappa shape index (κ2) is 3.82. The zero-order chi connectivity index (χ0) is 11.0. The lowest BCUT2D eigenvalue weighted by molar-refractivity contribution is 0.703. The Balaban J connectivity index is 1.90. The maximum atomic E-state index is 3.50. The number of dihydropyridines is 1. The number of nitrogens with one attached hydrogen (secondary N) is 1. The van der Waals surface area contributed by atoms with Crippen molar-refractivity contribution in [2.45, 2.75) is 32.2 Å². The van der Waals surface area contributed by atoms with E-state index in [1.54, 1.807) is 11.1 Å². The molecule has 1 nitrogen and oxygen atoms in total. The Morgan fingerprint density at radius 1 is 1.19 bits per heavy atom. The highest BCUT2D eigenvalue weighted by Crippen LogP contribution is 2.27. The minimum absolute atomic E-state index is 0.357. The van der Waals surface area contributed by atoms with E-state index in [2.05, 4.69) is 48.7 Å². The normalized spacial score (nSPS) is 22.6. The number of benzene rings is 1. The maximum Gasteiger partial charge on any atom is 0.0698 e. The molecule has 2 aliphatic rings. The van der Waals surface area contributed by atoms with Crippen molar-refractivity contribution in [1.82, 2.24) is 5.32 Å². The van der Waals surface area contributed by atoms with Gasteiger partial charge in [0.2, 0.25) is 0 Å². The summed E-state index contributed by atoms with van der Waals surface area (Å²) in [6.45, 7) is 2.11. The van der Waals surface area contributed by atoms with E-state index in [1.807, 2.05) is 0 Å². The second-order valence-corrected chi connectivity index (χ2v) is 4.74. The van der Waals surface area contributed by atoms with Gasteiger partial charge < -0.3 is 5.32 Å². The number of rotatable bonds is 1. The van der Waals surface area contributed by atoms with Gasteiger partial charge >= 0.3 is 0 Å². The van der Waals surface area contributed by atoms with Gasteiger partial charge in [-0.05, 0) is 49.0 Å². The molecule has 0 saturated heterocycles. The van der Waals surface area contributed by atoms with Crippen molar-refractivity contribution >= 4 is 0 Å². The summed E-state index contributed by atoms with van der Waals surface area (Å²) in [7, 11) is 0. The van der Waals surface area contributed by atoms with Crippen molar-refractivity contribution in [1.29, 1.82) is 0 Å². The highest BCUT2D eigenvalue weighted by Gasteiger charge is 2.15.